The van der Waals surface area contributed by atoms with Gasteiger partial charge >= 0.3 is 0 Å². The average Bonchev–Trinajstić information content (AvgIpc) is 2.35. The standard InChI is InChI=1S/C14H22FNO2/c1-4-17-13(18-5-2)9-10-16-12-8-6-7-11(3)14(12)15/h6-8,13,16H,4-5,9-10H2,1-3H3. The minimum absolute atomic E-state index is 0.193. The number of rotatable bonds is 8. The minimum atomic E-state index is -0.222. The Balaban J connectivity index is 2.42. The van der Waals surface area contributed by atoms with Crippen LogP contribution in [0.2, 0.25) is 0 Å². The van der Waals surface area contributed by atoms with E-state index in [0.29, 0.717) is 37.4 Å². The zero-order valence-corrected chi connectivity index (χ0v) is 11.3. The lowest BCUT2D eigenvalue weighted by atomic mass is 10.2. The van der Waals surface area contributed by atoms with Crippen molar-refractivity contribution in [3.05, 3.63) is 29.6 Å². The third-order valence-electron chi connectivity index (χ3n) is 2.59. The lowest BCUT2D eigenvalue weighted by Gasteiger charge is -2.17. The molecule has 0 atom stereocenters. The summed E-state index contributed by atoms with van der Waals surface area (Å²) in [7, 11) is 0. The molecule has 0 heterocycles. The van der Waals surface area contributed by atoms with Crippen molar-refractivity contribution in [2.45, 2.75) is 33.5 Å². The summed E-state index contributed by atoms with van der Waals surface area (Å²) in [5, 5.41) is 3.07. The van der Waals surface area contributed by atoms with E-state index in [9.17, 15) is 4.39 Å². The summed E-state index contributed by atoms with van der Waals surface area (Å²) >= 11 is 0. The van der Waals surface area contributed by atoms with Gasteiger partial charge in [0.15, 0.2) is 6.29 Å². The number of benzene rings is 1. The predicted octanol–water partition coefficient (Wildman–Crippen LogP) is 3.34. The van der Waals surface area contributed by atoms with Crippen molar-refractivity contribution in [3.63, 3.8) is 0 Å². The molecule has 0 bridgehead atoms. The van der Waals surface area contributed by atoms with E-state index in [2.05, 4.69) is 5.32 Å². The van der Waals surface area contributed by atoms with Crippen LogP contribution in [0.25, 0.3) is 0 Å². The highest BCUT2D eigenvalue weighted by Crippen LogP contribution is 2.17. The van der Waals surface area contributed by atoms with Crippen LogP contribution in [0.3, 0.4) is 0 Å². The van der Waals surface area contributed by atoms with Gasteiger partial charge in [-0.05, 0) is 32.4 Å². The van der Waals surface area contributed by atoms with Crippen LogP contribution in [0.5, 0.6) is 0 Å². The lowest BCUT2D eigenvalue weighted by molar-refractivity contribution is -0.137. The van der Waals surface area contributed by atoms with Gasteiger partial charge in [0, 0.05) is 26.2 Å². The largest absolute Gasteiger partial charge is 0.382 e. The van der Waals surface area contributed by atoms with E-state index in [1.807, 2.05) is 19.9 Å². The first-order valence-corrected chi connectivity index (χ1v) is 6.41. The summed E-state index contributed by atoms with van der Waals surface area (Å²) in [5.41, 5.74) is 1.17. The first-order valence-electron chi connectivity index (χ1n) is 6.41. The van der Waals surface area contributed by atoms with Crippen LogP contribution in [0.4, 0.5) is 10.1 Å². The van der Waals surface area contributed by atoms with Crippen molar-refractivity contribution in [2.75, 3.05) is 25.1 Å². The molecule has 0 aliphatic heterocycles. The number of hydrogen-bond acceptors (Lipinski definition) is 3. The SMILES string of the molecule is CCOC(CCNc1cccc(C)c1F)OCC. The molecular weight excluding hydrogens is 233 g/mol. The van der Waals surface area contributed by atoms with Gasteiger partial charge in [-0.3, -0.25) is 0 Å². The number of ether oxygens (including phenoxy) is 2. The molecule has 0 aliphatic rings. The van der Waals surface area contributed by atoms with E-state index >= 15 is 0 Å². The number of halogens is 1. The Bertz CT molecular complexity index is 352. The van der Waals surface area contributed by atoms with Crippen LogP contribution in [-0.2, 0) is 9.47 Å². The Morgan fingerprint density at radius 2 is 1.89 bits per heavy atom. The van der Waals surface area contributed by atoms with Gasteiger partial charge in [-0.25, -0.2) is 4.39 Å². The van der Waals surface area contributed by atoms with Crippen molar-refractivity contribution in [1.29, 1.82) is 0 Å². The maximum absolute atomic E-state index is 13.7. The van der Waals surface area contributed by atoms with E-state index in [1.54, 1.807) is 19.1 Å². The molecule has 0 unspecified atom stereocenters. The van der Waals surface area contributed by atoms with Gasteiger partial charge in [-0.1, -0.05) is 12.1 Å². The van der Waals surface area contributed by atoms with Crippen LogP contribution in [0.1, 0.15) is 25.8 Å². The van der Waals surface area contributed by atoms with Gasteiger partial charge in [0.2, 0.25) is 0 Å². The molecule has 0 saturated carbocycles. The molecule has 0 fully saturated rings. The Kier molecular flexibility index (Phi) is 6.68. The van der Waals surface area contributed by atoms with Gasteiger partial charge in [-0.2, -0.15) is 0 Å². The summed E-state index contributed by atoms with van der Waals surface area (Å²) < 4.78 is 24.5. The van der Waals surface area contributed by atoms with Crippen molar-refractivity contribution in [3.8, 4) is 0 Å². The van der Waals surface area contributed by atoms with Gasteiger partial charge < -0.3 is 14.8 Å². The molecule has 1 rings (SSSR count). The first kappa shape index (κ1) is 14.9. The fraction of sp³-hybridized carbons (Fsp3) is 0.571. The molecule has 0 amide bonds. The molecule has 102 valence electrons. The Morgan fingerprint density at radius 1 is 1.22 bits per heavy atom. The molecule has 0 spiro atoms. The minimum Gasteiger partial charge on any atom is -0.382 e. The summed E-state index contributed by atoms with van der Waals surface area (Å²) in [6.45, 7) is 7.46. The number of nitrogens with one attached hydrogen (secondary N) is 1. The van der Waals surface area contributed by atoms with E-state index in [-0.39, 0.29) is 12.1 Å². The molecule has 18 heavy (non-hydrogen) atoms. The van der Waals surface area contributed by atoms with Crippen molar-refractivity contribution in [1.82, 2.24) is 0 Å². The molecule has 1 aromatic rings. The Labute approximate surface area is 108 Å². The van der Waals surface area contributed by atoms with Crippen LogP contribution < -0.4 is 5.32 Å². The third-order valence-corrected chi connectivity index (χ3v) is 2.59. The second-order valence-corrected chi connectivity index (χ2v) is 3.99. The van der Waals surface area contributed by atoms with Crippen LogP contribution >= 0.6 is 0 Å². The summed E-state index contributed by atoms with van der Waals surface area (Å²) in [5.74, 6) is -0.193. The second-order valence-electron chi connectivity index (χ2n) is 3.99. The molecule has 3 nitrogen and oxygen atoms in total. The Morgan fingerprint density at radius 3 is 2.50 bits per heavy atom. The van der Waals surface area contributed by atoms with Gasteiger partial charge in [0.05, 0.1) is 5.69 Å². The van der Waals surface area contributed by atoms with Crippen molar-refractivity contribution >= 4 is 5.69 Å². The van der Waals surface area contributed by atoms with Gasteiger partial charge in [0.1, 0.15) is 5.82 Å². The number of anilines is 1. The molecule has 0 aliphatic carbocycles. The van der Waals surface area contributed by atoms with E-state index < -0.39 is 0 Å². The van der Waals surface area contributed by atoms with Crippen LogP contribution in [-0.4, -0.2) is 26.0 Å². The number of hydrogen-bond donors (Lipinski definition) is 1. The van der Waals surface area contributed by atoms with Crippen LogP contribution in [0.15, 0.2) is 18.2 Å². The summed E-state index contributed by atoms with van der Waals surface area (Å²) in [4.78, 5) is 0. The highest BCUT2D eigenvalue weighted by Gasteiger charge is 2.08. The maximum atomic E-state index is 13.7. The molecular formula is C14H22FNO2. The molecule has 0 aromatic heterocycles. The van der Waals surface area contributed by atoms with Gasteiger partial charge in [0.25, 0.3) is 0 Å². The third kappa shape index (κ3) is 4.63. The Hall–Kier alpha value is -1.13. The van der Waals surface area contributed by atoms with E-state index in [1.165, 1.54) is 0 Å². The van der Waals surface area contributed by atoms with Crippen LogP contribution in [0, 0.1) is 12.7 Å². The highest BCUT2D eigenvalue weighted by molar-refractivity contribution is 5.47. The maximum Gasteiger partial charge on any atom is 0.159 e. The smallest absolute Gasteiger partial charge is 0.159 e. The lowest BCUT2D eigenvalue weighted by Crippen LogP contribution is -2.21. The molecule has 1 N–H and O–H groups in total. The highest BCUT2D eigenvalue weighted by atomic mass is 19.1. The normalized spacial score (nSPS) is 10.9. The fourth-order valence-electron chi connectivity index (χ4n) is 1.70. The summed E-state index contributed by atoms with van der Waals surface area (Å²) in [6, 6.07) is 5.33. The predicted molar refractivity (Wildman–Crippen MR) is 71.3 cm³/mol. The second kappa shape index (κ2) is 8.06. The quantitative estimate of drug-likeness (QED) is 0.723. The van der Waals surface area contributed by atoms with Crippen molar-refractivity contribution < 1.29 is 13.9 Å². The van der Waals surface area contributed by atoms with Crippen molar-refractivity contribution in [2.24, 2.45) is 0 Å². The van der Waals surface area contributed by atoms with E-state index in [0.717, 1.165) is 0 Å². The molecule has 0 radical (unpaired) electrons. The number of aryl methyl sites for hydroxylation is 1. The topological polar surface area (TPSA) is 30.5 Å². The molecule has 1 aromatic carbocycles. The first-order chi connectivity index (χ1) is 8.69. The van der Waals surface area contributed by atoms with E-state index in [4.69, 9.17) is 9.47 Å². The zero-order chi connectivity index (χ0) is 13.4. The average molecular weight is 255 g/mol. The molecule has 4 heteroatoms. The fourth-order valence-corrected chi connectivity index (χ4v) is 1.70. The monoisotopic (exact) mass is 255 g/mol. The zero-order valence-electron chi connectivity index (χ0n) is 11.3. The van der Waals surface area contributed by atoms with Gasteiger partial charge in [-0.15, -0.1) is 0 Å². The molecule has 0 saturated heterocycles. The summed E-state index contributed by atoms with van der Waals surface area (Å²) in [6.07, 6.45) is 0.468.